The van der Waals surface area contributed by atoms with Gasteiger partial charge in [-0.05, 0) is 37.3 Å². The molecule has 0 bridgehead atoms. The van der Waals surface area contributed by atoms with Gasteiger partial charge >= 0.3 is 0 Å². The molecule has 0 atom stereocenters. The van der Waals surface area contributed by atoms with E-state index in [9.17, 15) is 0 Å². The van der Waals surface area contributed by atoms with Crippen molar-refractivity contribution < 1.29 is 9.26 Å². The van der Waals surface area contributed by atoms with Gasteiger partial charge < -0.3 is 9.26 Å². The Labute approximate surface area is 125 Å². The number of aryl methyl sites for hydroxylation is 1. The molecule has 0 aliphatic heterocycles. The topological polar surface area (TPSA) is 78.9 Å². The molecule has 7 nitrogen and oxygen atoms in total. The van der Waals surface area contributed by atoms with Gasteiger partial charge in [0, 0.05) is 12.4 Å². The molecule has 108 valence electrons. The predicted molar refractivity (Wildman–Crippen MR) is 78.0 cm³/mol. The summed E-state index contributed by atoms with van der Waals surface area (Å²) in [6.07, 6.45) is 5.00. The minimum absolute atomic E-state index is 0.413. The smallest absolute Gasteiger partial charge is 0.264 e. The van der Waals surface area contributed by atoms with E-state index < -0.39 is 0 Å². The van der Waals surface area contributed by atoms with Crippen LogP contribution in [0.25, 0.3) is 16.8 Å². The summed E-state index contributed by atoms with van der Waals surface area (Å²) in [6.45, 7) is 1.82. The molecule has 3 aromatic heterocycles. The van der Waals surface area contributed by atoms with Crippen LogP contribution in [0.5, 0.6) is 11.6 Å². The molecule has 1 aromatic carbocycles. The summed E-state index contributed by atoms with van der Waals surface area (Å²) in [7, 11) is 0. The van der Waals surface area contributed by atoms with Gasteiger partial charge in [-0.3, -0.25) is 0 Å². The maximum atomic E-state index is 5.82. The highest BCUT2D eigenvalue weighted by Crippen LogP contribution is 2.29. The summed E-state index contributed by atoms with van der Waals surface area (Å²) in [4.78, 5) is 8.18. The van der Waals surface area contributed by atoms with Crippen molar-refractivity contribution in [2.24, 2.45) is 0 Å². The molecule has 0 radical (unpaired) electrons. The molecule has 0 amide bonds. The Morgan fingerprint density at radius 3 is 2.77 bits per heavy atom. The fourth-order valence-corrected chi connectivity index (χ4v) is 2.17. The number of benzene rings is 1. The number of aromatic nitrogens is 5. The van der Waals surface area contributed by atoms with Crippen molar-refractivity contribution in [3.8, 4) is 17.3 Å². The first kappa shape index (κ1) is 12.5. The lowest BCUT2D eigenvalue weighted by Crippen LogP contribution is -1.94. The minimum Gasteiger partial charge on any atom is -0.438 e. The molecule has 7 heteroatoms. The van der Waals surface area contributed by atoms with Gasteiger partial charge in [0.1, 0.15) is 17.5 Å². The average molecular weight is 293 g/mol. The number of hydrogen-bond donors (Lipinski definition) is 0. The highest BCUT2D eigenvalue weighted by Gasteiger charge is 2.13. The lowest BCUT2D eigenvalue weighted by molar-refractivity contribution is 0.440. The van der Waals surface area contributed by atoms with Gasteiger partial charge in [-0.25, -0.2) is 9.67 Å². The second-order valence-corrected chi connectivity index (χ2v) is 4.67. The average Bonchev–Trinajstić information content (AvgIpc) is 3.19. The largest absolute Gasteiger partial charge is 0.438 e. The van der Waals surface area contributed by atoms with E-state index in [-0.39, 0.29) is 0 Å². The Hall–Kier alpha value is -3.22. The number of hydrogen-bond acceptors (Lipinski definition) is 6. The molecule has 22 heavy (non-hydrogen) atoms. The van der Waals surface area contributed by atoms with Crippen LogP contribution in [0.4, 0.5) is 0 Å². The second kappa shape index (κ2) is 4.96. The molecule has 0 spiro atoms. The zero-order valence-electron chi connectivity index (χ0n) is 11.7. The van der Waals surface area contributed by atoms with Crippen LogP contribution >= 0.6 is 0 Å². The molecule has 4 aromatic rings. The van der Waals surface area contributed by atoms with Gasteiger partial charge in [0.15, 0.2) is 0 Å². The summed E-state index contributed by atoms with van der Waals surface area (Å²) >= 11 is 0. The fourth-order valence-electron chi connectivity index (χ4n) is 2.17. The first-order chi connectivity index (χ1) is 10.8. The summed E-state index contributed by atoms with van der Waals surface area (Å²) in [5, 5.41) is 8.74. The van der Waals surface area contributed by atoms with Crippen molar-refractivity contribution in [2.75, 3.05) is 0 Å². The molecule has 0 aliphatic rings. The lowest BCUT2D eigenvalue weighted by Gasteiger charge is -2.06. The van der Waals surface area contributed by atoms with Gasteiger partial charge in [0.05, 0.1) is 11.4 Å². The summed E-state index contributed by atoms with van der Waals surface area (Å²) < 4.78 is 12.7. The van der Waals surface area contributed by atoms with Crippen LogP contribution in [0.3, 0.4) is 0 Å². The van der Waals surface area contributed by atoms with Gasteiger partial charge in [0.25, 0.3) is 5.71 Å². The first-order valence-electron chi connectivity index (χ1n) is 6.66. The van der Waals surface area contributed by atoms with E-state index in [1.807, 2.05) is 43.5 Å². The van der Waals surface area contributed by atoms with E-state index in [4.69, 9.17) is 9.26 Å². The fraction of sp³-hybridized carbons (Fsp3) is 0.0667. The first-order valence-corrected chi connectivity index (χ1v) is 6.66. The van der Waals surface area contributed by atoms with Gasteiger partial charge in [-0.2, -0.15) is 10.1 Å². The predicted octanol–water partition coefficient (Wildman–Crippen LogP) is 2.90. The van der Waals surface area contributed by atoms with Gasteiger partial charge in [0.2, 0.25) is 5.88 Å². The molecule has 0 aliphatic carbocycles. The highest BCUT2D eigenvalue weighted by atomic mass is 16.5. The van der Waals surface area contributed by atoms with E-state index in [1.54, 1.807) is 10.9 Å². The number of ether oxygens (including phenoxy) is 1. The molecular weight excluding hydrogens is 282 g/mol. The van der Waals surface area contributed by atoms with Crippen LogP contribution in [-0.2, 0) is 0 Å². The molecule has 0 unspecified atom stereocenters. The molecular formula is C15H11N5O2. The normalized spacial score (nSPS) is 11.0. The lowest BCUT2D eigenvalue weighted by atomic mass is 10.3. The van der Waals surface area contributed by atoms with Crippen molar-refractivity contribution in [3.63, 3.8) is 0 Å². The Kier molecular flexibility index (Phi) is 2.82. The molecule has 4 rings (SSSR count). The van der Waals surface area contributed by atoms with Crippen molar-refractivity contribution in [2.45, 2.75) is 6.92 Å². The van der Waals surface area contributed by atoms with Gasteiger partial charge in [-0.15, -0.1) is 0 Å². The maximum absolute atomic E-state index is 5.82. The zero-order chi connectivity index (χ0) is 14.9. The number of rotatable bonds is 3. The van der Waals surface area contributed by atoms with E-state index >= 15 is 0 Å². The monoisotopic (exact) mass is 293 g/mol. The summed E-state index contributed by atoms with van der Waals surface area (Å²) in [5.41, 5.74) is 2.06. The van der Waals surface area contributed by atoms with Crippen molar-refractivity contribution >= 4 is 11.1 Å². The van der Waals surface area contributed by atoms with Crippen LogP contribution in [0.15, 0.2) is 53.6 Å². The second-order valence-electron chi connectivity index (χ2n) is 4.67. The van der Waals surface area contributed by atoms with Crippen molar-refractivity contribution in [1.82, 2.24) is 24.9 Å². The van der Waals surface area contributed by atoms with E-state index in [1.165, 1.54) is 6.33 Å². The standard InChI is InChI=1S/C15H11N5O2/c1-10-13-14(16-9-17-15(13)22-19-10)21-12-5-3-11(4-6-12)20-8-2-7-18-20/h2-9H,1H3. The van der Waals surface area contributed by atoms with Crippen LogP contribution in [0.1, 0.15) is 5.69 Å². The third kappa shape index (κ3) is 2.08. The Morgan fingerprint density at radius 2 is 2.00 bits per heavy atom. The Morgan fingerprint density at radius 1 is 1.14 bits per heavy atom. The number of fused-ring (bicyclic) bond motifs is 1. The molecule has 0 fully saturated rings. The Bertz CT molecular complexity index is 913. The Balaban J connectivity index is 1.67. The van der Waals surface area contributed by atoms with Crippen LogP contribution < -0.4 is 4.74 Å². The highest BCUT2D eigenvalue weighted by molar-refractivity contribution is 5.81. The van der Waals surface area contributed by atoms with Crippen molar-refractivity contribution in [1.29, 1.82) is 0 Å². The van der Waals surface area contributed by atoms with E-state index in [0.29, 0.717) is 28.4 Å². The molecule has 0 N–H and O–H groups in total. The van der Waals surface area contributed by atoms with E-state index in [0.717, 1.165) is 5.69 Å². The number of nitrogens with zero attached hydrogens (tertiary/aromatic N) is 5. The van der Waals surface area contributed by atoms with Crippen LogP contribution in [0, 0.1) is 6.92 Å². The maximum Gasteiger partial charge on any atom is 0.264 e. The van der Waals surface area contributed by atoms with Crippen LogP contribution in [0.2, 0.25) is 0 Å². The van der Waals surface area contributed by atoms with Crippen LogP contribution in [-0.4, -0.2) is 24.9 Å². The van der Waals surface area contributed by atoms with E-state index in [2.05, 4.69) is 20.2 Å². The summed E-state index contributed by atoms with van der Waals surface area (Å²) in [6, 6.07) is 9.42. The van der Waals surface area contributed by atoms with Gasteiger partial charge in [-0.1, -0.05) is 5.16 Å². The molecule has 0 saturated heterocycles. The molecule has 3 heterocycles. The third-order valence-electron chi connectivity index (χ3n) is 3.23. The SMILES string of the molecule is Cc1noc2ncnc(Oc3ccc(-n4cccn4)cc3)c12. The summed E-state index contributed by atoms with van der Waals surface area (Å²) in [5.74, 6) is 1.09. The molecule has 0 saturated carbocycles. The third-order valence-corrected chi connectivity index (χ3v) is 3.23. The minimum atomic E-state index is 0.413. The quantitative estimate of drug-likeness (QED) is 0.578. The van der Waals surface area contributed by atoms with Crippen molar-refractivity contribution in [3.05, 3.63) is 54.7 Å². The zero-order valence-corrected chi connectivity index (χ0v) is 11.7.